The number of benzene rings is 1. The highest BCUT2D eigenvalue weighted by Gasteiger charge is 2.06. The normalized spacial score (nSPS) is 10.4. The summed E-state index contributed by atoms with van der Waals surface area (Å²) in [5.74, 6) is 1.31. The second-order valence-electron chi connectivity index (χ2n) is 3.94. The Labute approximate surface area is 116 Å². The summed E-state index contributed by atoms with van der Waals surface area (Å²) in [7, 11) is 0. The van der Waals surface area contributed by atoms with E-state index in [2.05, 4.69) is 9.97 Å². The second-order valence-corrected chi connectivity index (χ2v) is 4.71. The number of hydrogen-bond donors (Lipinski definition) is 0. The van der Waals surface area contributed by atoms with Crippen LogP contribution in [0, 0.1) is 13.8 Å². The van der Waals surface area contributed by atoms with E-state index in [9.17, 15) is 0 Å². The zero-order valence-corrected chi connectivity index (χ0v) is 11.6. The molecule has 0 spiro atoms. The van der Waals surface area contributed by atoms with Gasteiger partial charge in [0.05, 0.1) is 0 Å². The third kappa shape index (κ3) is 3.12. The zero-order valence-electron chi connectivity index (χ0n) is 10.1. The molecule has 0 fully saturated rings. The Kier molecular flexibility index (Phi) is 4.04. The molecule has 0 saturated carbocycles. The lowest BCUT2D eigenvalue weighted by atomic mass is 10.1. The quantitative estimate of drug-likeness (QED) is 0.799. The topological polar surface area (TPSA) is 35.0 Å². The molecule has 3 nitrogen and oxygen atoms in total. The number of aromatic nitrogens is 2. The van der Waals surface area contributed by atoms with Crippen molar-refractivity contribution in [1.29, 1.82) is 0 Å². The molecule has 2 aromatic rings. The highest BCUT2D eigenvalue weighted by atomic mass is 35.5. The summed E-state index contributed by atoms with van der Waals surface area (Å²) >= 11 is 11.6. The molecule has 0 N–H and O–H groups in total. The van der Waals surface area contributed by atoms with Gasteiger partial charge in [0.15, 0.2) is 5.82 Å². The Morgan fingerprint density at radius 3 is 2.17 bits per heavy atom. The fraction of sp³-hybridized carbons (Fsp3) is 0.231. The van der Waals surface area contributed by atoms with Gasteiger partial charge in [0, 0.05) is 6.07 Å². The minimum absolute atomic E-state index is 0.242. The molecule has 0 radical (unpaired) electrons. The van der Waals surface area contributed by atoms with Crippen LogP contribution in [0.2, 0.25) is 10.3 Å². The summed E-state index contributed by atoms with van der Waals surface area (Å²) < 4.78 is 5.72. The van der Waals surface area contributed by atoms with E-state index in [4.69, 9.17) is 27.9 Å². The van der Waals surface area contributed by atoms with E-state index in [1.54, 1.807) is 0 Å². The van der Waals surface area contributed by atoms with Gasteiger partial charge in [-0.05, 0) is 25.0 Å². The smallest absolute Gasteiger partial charge is 0.169 e. The van der Waals surface area contributed by atoms with Crippen molar-refractivity contribution in [3.05, 3.63) is 51.5 Å². The fourth-order valence-electron chi connectivity index (χ4n) is 1.66. The number of ether oxygens (including phenoxy) is 1. The van der Waals surface area contributed by atoms with Crippen LogP contribution >= 0.6 is 23.2 Å². The maximum Gasteiger partial charge on any atom is 0.169 e. The molecule has 1 aromatic carbocycles. The van der Waals surface area contributed by atoms with E-state index in [0.29, 0.717) is 16.1 Å². The van der Waals surface area contributed by atoms with Gasteiger partial charge >= 0.3 is 0 Å². The van der Waals surface area contributed by atoms with Gasteiger partial charge in [-0.25, -0.2) is 9.97 Å². The molecule has 0 amide bonds. The van der Waals surface area contributed by atoms with Crippen molar-refractivity contribution in [3.8, 4) is 5.75 Å². The molecule has 0 bridgehead atoms. The van der Waals surface area contributed by atoms with Crippen LogP contribution in [0.5, 0.6) is 5.75 Å². The Balaban J connectivity index is 2.16. The van der Waals surface area contributed by atoms with Crippen LogP contribution in [-0.2, 0) is 6.61 Å². The molecule has 0 atom stereocenters. The average molecular weight is 283 g/mol. The van der Waals surface area contributed by atoms with Crippen molar-refractivity contribution in [1.82, 2.24) is 9.97 Å². The third-order valence-corrected chi connectivity index (χ3v) is 2.85. The van der Waals surface area contributed by atoms with E-state index in [0.717, 1.165) is 16.9 Å². The summed E-state index contributed by atoms with van der Waals surface area (Å²) in [6, 6.07) is 7.47. The van der Waals surface area contributed by atoms with Crippen LogP contribution in [0.4, 0.5) is 0 Å². The molecule has 5 heteroatoms. The fourth-order valence-corrected chi connectivity index (χ4v) is 2.12. The predicted molar refractivity (Wildman–Crippen MR) is 72.3 cm³/mol. The van der Waals surface area contributed by atoms with E-state index in [1.165, 1.54) is 6.07 Å². The number of nitrogens with zero attached hydrogens (tertiary/aromatic N) is 2. The molecule has 94 valence electrons. The minimum atomic E-state index is 0.242. The van der Waals surface area contributed by atoms with E-state index < -0.39 is 0 Å². The summed E-state index contributed by atoms with van der Waals surface area (Å²) in [5, 5.41) is 0.630. The molecule has 0 aliphatic carbocycles. The third-order valence-electron chi connectivity index (χ3n) is 2.46. The van der Waals surface area contributed by atoms with E-state index in [1.807, 2.05) is 32.0 Å². The zero-order chi connectivity index (χ0) is 13.1. The largest absolute Gasteiger partial charge is 0.485 e. The van der Waals surface area contributed by atoms with Crippen LogP contribution in [0.25, 0.3) is 0 Å². The van der Waals surface area contributed by atoms with Crippen LogP contribution in [0.15, 0.2) is 24.3 Å². The number of aryl methyl sites for hydroxylation is 2. The summed E-state index contributed by atoms with van der Waals surface area (Å²) in [4.78, 5) is 8.11. The Hall–Kier alpha value is -1.32. The predicted octanol–water partition coefficient (Wildman–Crippen LogP) is 3.98. The molecule has 0 unspecified atom stereocenters. The first-order valence-corrected chi connectivity index (χ1v) is 6.20. The number of rotatable bonds is 3. The minimum Gasteiger partial charge on any atom is -0.485 e. The van der Waals surface area contributed by atoms with Crippen LogP contribution in [0.3, 0.4) is 0 Å². The SMILES string of the molecule is Cc1cccc(C)c1OCc1nc(Cl)cc(Cl)n1. The second kappa shape index (κ2) is 5.55. The van der Waals surface area contributed by atoms with Crippen molar-refractivity contribution < 1.29 is 4.74 Å². The van der Waals surface area contributed by atoms with E-state index >= 15 is 0 Å². The molecule has 1 heterocycles. The van der Waals surface area contributed by atoms with Gasteiger partial charge in [-0.3, -0.25) is 0 Å². The molecule has 2 rings (SSSR count). The average Bonchev–Trinajstić information content (AvgIpc) is 2.27. The monoisotopic (exact) mass is 282 g/mol. The molecule has 18 heavy (non-hydrogen) atoms. The van der Waals surface area contributed by atoms with Crippen LogP contribution < -0.4 is 4.74 Å². The molecule has 0 aliphatic heterocycles. The molecule has 1 aromatic heterocycles. The number of para-hydroxylation sites is 1. The lowest BCUT2D eigenvalue weighted by Gasteiger charge is -2.11. The van der Waals surface area contributed by atoms with Crippen molar-refractivity contribution in [2.24, 2.45) is 0 Å². The van der Waals surface area contributed by atoms with Gasteiger partial charge in [0.1, 0.15) is 22.7 Å². The summed E-state index contributed by atoms with van der Waals surface area (Å²) in [5.41, 5.74) is 2.14. The summed E-state index contributed by atoms with van der Waals surface area (Å²) in [6.45, 7) is 4.23. The molecular formula is C13H12Cl2N2O. The maximum absolute atomic E-state index is 5.80. The highest BCUT2D eigenvalue weighted by molar-refractivity contribution is 6.33. The first kappa shape index (κ1) is 13.1. The van der Waals surface area contributed by atoms with Gasteiger partial charge in [0.2, 0.25) is 0 Å². The Morgan fingerprint density at radius 2 is 1.61 bits per heavy atom. The van der Waals surface area contributed by atoms with Crippen molar-refractivity contribution in [2.75, 3.05) is 0 Å². The molecular weight excluding hydrogens is 271 g/mol. The van der Waals surface area contributed by atoms with Gasteiger partial charge in [-0.1, -0.05) is 41.4 Å². The Bertz CT molecular complexity index is 532. The first-order chi connectivity index (χ1) is 8.56. The lowest BCUT2D eigenvalue weighted by molar-refractivity contribution is 0.292. The maximum atomic E-state index is 5.80. The van der Waals surface area contributed by atoms with Crippen molar-refractivity contribution in [3.63, 3.8) is 0 Å². The van der Waals surface area contributed by atoms with Crippen LogP contribution in [-0.4, -0.2) is 9.97 Å². The van der Waals surface area contributed by atoms with Crippen molar-refractivity contribution >= 4 is 23.2 Å². The van der Waals surface area contributed by atoms with E-state index in [-0.39, 0.29) is 6.61 Å². The van der Waals surface area contributed by atoms with Gasteiger partial charge in [-0.15, -0.1) is 0 Å². The Morgan fingerprint density at radius 1 is 1.06 bits per heavy atom. The first-order valence-electron chi connectivity index (χ1n) is 5.44. The lowest BCUT2D eigenvalue weighted by Crippen LogP contribution is -2.03. The number of hydrogen-bond acceptors (Lipinski definition) is 3. The van der Waals surface area contributed by atoms with Crippen molar-refractivity contribution in [2.45, 2.75) is 20.5 Å². The highest BCUT2D eigenvalue weighted by Crippen LogP contribution is 2.23. The standard InChI is InChI=1S/C13H12Cl2N2O/c1-8-4-3-5-9(2)13(8)18-7-12-16-10(14)6-11(15)17-12/h3-6H,7H2,1-2H3. The van der Waals surface area contributed by atoms with Crippen LogP contribution in [0.1, 0.15) is 17.0 Å². The molecule has 0 saturated heterocycles. The molecule has 0 aliphatic rings. The summed E-state index contributed by atoms with van der Waals surface area (Å²) in [6.07, 6.45) is 0. The van der Waals surface area contributed by atoms with Gasteiger partial charge in [-0.2, -0.15) is 0 Å². The number of halogens is 2. The van der Waals surface area contributed by atoms with Gasteiger partial charge in [0.25, 0.3) is 0 Å². The van der Waals surface area contributed by atoms with Gasteiger partial charge < -0.3 is 4.74 Å².